The fraction of sp³-hybridized carbons (Fsp3) is 0.133. The molecule has 0 amide bonds. The zero-order chi connectivity index (χ0) is 15.2. The van der Waals surface area contributed by atoms with E-state index < -0.39 is 0 Å². The van der Waals surface area contributed by atoms with Gasteiger partial charge in [-0.25, -0.2) is 4.98 Å². The number of methoxy groups -OCH3 is 1. The maximum absolute atomic E-state index is 11.1. The van der Waals surface area contributed by atoms with Gasteiger partial charge in [-0.05, 0) is 23.8 Å². The van der Waals surface area contributed by atoms with Crippen molar-refractivity contribution in [3.63, 3.8) is 0 Å². The molecule has 0 N–H and O–H groups in total. The number of aldehydes is 1. The molecule has 1 aromatic carbocycles. The Morgan fingerprint density at radius 2 is 2.24 bits per heavy atom. The van der Waals surface area contributed by atoms with Crippen molar-refractivity contribution in [3.05, 3.63) is 52.3 Å². The third kappa shape index (κ3) is 3.50. The van der Waals surface area contributed by atoms with Crippen LogP contribution in [-0.4, -0.2) is 18.4 Å². The molecule has 0 atom stereocenters. The second-order valence-electron chi connectivity index (χ2n) is 4.09. The van der Waals surface area contributed by atoms with Crippen molar-refractivity contribution in [1.29, 1.82) is 5.26 Å². The van der Waals surface area contributed by atoms with Gasteiger partial charge in [-0.3, -0.25) is 4.79 Å². The number of hydrogen-bond acceptors (Lipinski definition) is 5. The summed E-state index contributed by atoms with van der Waals surface area (Å²) in [6, 6.07) is 8.36. The number of aromatic nitrogens is 1. The van der Waals surface area contributed by atoms with Crippen molar-refractivity contribution in [2.24, 2.45) is 0 Å². The van der Waals surface area contributed by atoms with Crippen LogP contribution in [0.25, 0.3) is 0 Å². The second kappa shape index (κ2) is 6.73. The first-order chi connectivity index (χ1) is 10.2. The first-order valence-corrected chi connectivity index (χ1v) is 6.36. The highest BCUT2D eigenvalue weighted by Gasteiger charge is 2.13. The van der Waals surface area contributed by atoms with Crippen LogP contribution in [0.2, 0.25) is 5.02 Å². The van der Waals surface area contributed by atoms with Crippen LogP contribution in [0, 0.1) is 11.3 Å². The summed E-state index contributed by atoms with van der Waals surface area (Å²) < 4.78 is 10.8. The average Bonchev–Trinajstić information content (AvgIpc) is 2.52. The van der Waals surface area contributed by atoms with Crippen LogP contribution in [0.4, 0.5) is 0 Å². The number of halogens is 1. The van der Waals surface area contributed by atoms with Gasteiger partial charge in [0, 0.05) is 17.3 Å². The number of rotatable bonds is 5. The molecule has 5 nitrogen and oxygen atoms in total. The molecule has 0 saturated carbocycles. The molecule has 1 heterocycles. The summed E-state index contributed by atoms with van der Waals surface area (Å²) in [4.78, 5) is 15.0. The third-order valence-corrected chi connectivity index (χ3v) is 2.94. The Kier molecular flexibility index (Phi) is 4.75. The lowest BCUT2D eigenvalue weighted by Gasteiger charge is -2.13. The Balaban J connectivity index is 2.27. The number of nitriles is 1. The largest absolute Gasteiger partial charge is 0.493 e. The number of pyridine rings is 1. The van der Waals surface area contributed by atoms with Crippen LogP contribution in [0.1, 0.15) is 21.6 Å². The molecule has 6 heteroatoms. The summed E-state index contributed by atoms with van der Waals surface area (Å²) in [6.45, 7) is 0.177. The number of carbonyl (C=O) groups is 1. The van der Waals surface area contributed by atoms with Gasteiger partial charge in [0.1, 0.15) is 18.4 Å². The summed E-state index contributed by atoms with van der Waals surface area (Å²) >= 11 is 5.90. The Morgan fingerprint density at radius 1 is 1.43 bits per heavy atom. The zero-order valence-corrected chi connectivity index (χ0v) is 11.9. The second-order valence-corrected chi connectivity index (χ2v) is 4.53. The molecule has 106 valence electrons. The summed E-state index contributed by atoms with van der Waals surface area (Å²) in [5.74, 6) is 0.686. The third-order valence-electron chi connectivity index (χ3n) is 2.72. The molecule has 0 spiro atoms. The van der Waals surface area contributed by atoms with Crippen LogP contribution >= 0.6 is 11.6 Å². The predicted molar refractivity (Wildman–Crippen MR) is 76.7 cm³/mol. The number of ether oxygens (including phenoxy) is 2. The van der Waals surface area contributed by atoms with E-state index in [9.17, 15) is 4.79 Å². The lowest BCUT2D eigenvalue weighted by Crippen LogP contribution is -2.01. The molecule has 0 bridgehead atoms. The molecule has 0 aliphatic carbocycles. The van der Waals surface area contributed by atoms with Gasteiger partial charge in [-0.1, -0.05) is 11.6 Å². The fourth-order valence-corrected chi connectivity index (χ4v) is 1.98. The van der Waals surface area contributed by atoms with Gasteiger partial charge in [-0.2, -0.15) is 5.26 Å². The van der Waals surface area contributed by atoms with E-state index in [1.54, 1.807) is 18.2 Å². The lowest BCUT2D eigenvalue weighted by atomic mass is 10.2. The summed E-state index contributed by atoms with van der Waals surface area (Å²) in [5, 5.41) is 9.19. The van der Waals surface area contributed by atoms with Crippen molar-refractivity contribution in [3.8, 4) is 17.6 Å². The highest BCUT2D eigenvalue weighted by Crippen LogP contribution is 2.34. The Hall–Kier alpha value is -2.58. The van der Waals surface area contributed by atoms with E-state index in [1.807, 2.05) is 6.07 Å². The van der Waals surface area contributed by atoms with Gasteiger partial charge in [0.25, 0.3) is 0 Å². The monoisotopic (exact) mass is 302 g/mol. The van der Waals surface area contributed by atoms with Crippen LogP contribution < -0.4 is 9.47 Å². The normalized spacial score (nSPS) is 9.76. The van der Waals surface area contributed by atoms with Gasteiger partial charge in [0.15, 0.2) is 17.8 Å². The summed E-state index contributed by atoms with van der Waals surface area (Å²) in [6.07, 6.45) is 2.17. The Morgan fingerprint density at radius 3 is 2.90 bits per heavy atom. The molecule has 1 aromatic heterocycles. The molecular weight excluding hydrogens is 292 g/mol. The van der Waals surface area contributed by atoms with E-state index in [0.29, 0.717) is 34.1 Å². The van der Waals surface area contributed by atoms with Crippen LogP contribution in [0.3, 0.4) is 0 Å². The molecule has 2 aromatic rings. The number of carbonyl (C=O) groups excluding carboxylic acids is 1. The average molecular weight is 303 g/mol. The summed E-state index contributed by atoms with van der Waals surface area (Å²) in [7, 11) is 1.47. The molecule has 0 fully saturated rings. The van der Waals surface area contributed by atoms with Crippen molar-refractivity contribution >= 4 is 17.9 Å². The molecule has 0 unspecified atom stereocenters. The van der Waals surface area contributed by atoms with Crippen molar-refractivity contribution < 1.29 is 14.3 Å². The quantitative estimate of drug-likeness (QED) is 0.794. The maximum atomic E-state index is 11.1. The minimum Gasteiger partial charge on any atom is -0.493 e. The van der Waals surface area contributed by atoms with Crippen LogP contribution in [0.5, 0.6) is 11.5 Å². The molecule has 0 aliphatic heterocycles. The van der Waals surface area contributed by atoms with Crippen LogP contribution in [0.15, 0.2) is 30.5 Å². The van der Waals surface area contributed by atoms with E-state index >= 15 is 0 Å². The van der Waals surface area contributed by atoms with Gasteiger partial charge >= 0.3 is 0 Å². The van der Waals surface area contributed by atoms with Gasteiger partial charge in [0.2, 0.25) is 0 Å². The molecule has 2 rings (SSSR count). The van der Waals surface area contributed by atoms with Crippen LogP contribution in [-0.2, 0) is 6.61 Å². The molecule has 0 aliphatic rings. The first-order valence-electron chi connectivity index (χ1n) is 5.98. The van der Waals surface area contributed by atoms with E-state index in [4.69, 9.17) is 26.3 Å². The highest BCUT2D eigenvalue weighted by atomic mass is 35.5. The Bertz CT molecular complexity index is 711. The minimum absolute atomic E-state index is 0.177. The molecular formula is C15H11ClN2O3. The fourth-order valence-electron chi connectivity index (χ4n) is 1.76. The van der Waals surface area contributed by atoms with Gasteiger partial charge < -0.3 is 9.47 Å². The zero-order valence-electron chi connectivity index (χ0n) is 11.2. The SMILES string of the molecule is COc1cc(Cl)cc(C=O)c1OCc1ccnc(C#N)c1. The molecule has 0 saturated heterocycles. The minimum atomic E-state index is 0.177. The number of nitrogens with zero attached hydrogens (tertiary/aromatic N) is 2. The molecule has 0 radical (unpaired) electrons. The van der Waals surface area contributed by atoms with Crippen molar-refractivity contribution in [1.82, 2.24) is 4.98 Å². The standard InChI is InChI=1S/C15H11ClN2O3/c1-20-14-6-12(16)5-11(8-19)15(14)21-9-10-2-3-18-13(4-10)7-17/h2-6,8H,9H2,1H3. The van der Waals surface area contributed by atoms with Gasteiger partial charge in [-0.15, -0.1) is 0 Å². The number of benzene rings is 1. The van der Waals surface area contributed by atoms with Gasteiger partial charge in [0.05, 0.1) is 12.7 Å². The number of hydrogen-bond donors (Lipinski definition) is 0. The van der Waals surface area contributed by atoms with E-state index in [0.717, 1.165) is 5.56 Å². The first kappa shape index (κ1) is 14.8. The van der Waals surface area contributed by atoms with E-state index in [1.165, 1.54) is 19.4 Å². The van der Waals surface area contributed by atoms with E-state index in [2.05, 4.69) is 4.98 Å². The highest BCUT2D eigenvalue weighted by molar-refractivity contribution is 6.31. The Labute approximate surface area is 126 Å². The van der Waals surface area contributed by atoms with Crippen molar-refractivity contribution in [2.75, 3.05) is 7.11 Å². The topological polar surface area (TPSA) is 72.2 Å². The summed E-state index contributed by atoms with van der Waals surface area (Å²) in [5.41, 5.74) is 1.36. The smallest absolute Gasteiger partial charge is 0.172 e. The predicted octanol–water partition coefficient (Wildman–Crippen LogP) is 3.01. The maximum Gasteiger partial charge on any atom is 0.172 e. The van der Waals surface area contributed by atoms with Crippen molar-refractivity contribution in [2.45, 2.75) is 6.61 Å². The lowest BCUT2D eigenvalue weighted by molar-refractivity contribution is 0.111. The van der Waals surface area contributed by atoms with E-state index in [-0.39, 0.29) is 6.61 Å². The molecule has 21 heavy (non-hydrogen) atoms.